The van der Waals surface area contributed by atoms with Crippen LogP contribution in [0.4, 0.5) is 0 Å². The van der Waals surface area contributed by atoms with Gasteiger partial charge in [0.15, 0.2) is 0 Å². The lowest BCUT2D eigenvalue weighted by molar-refractivity contribution is -0.297. The summed E-state index contributed by atoms with van der Waals surface area (Å²) in [6.07, 6.45) is 7.39. The first-order chi connectivity index (χ1) is 7.11. The summed E-state index contributed by atoms with van der Waals surface area (Å²) in [6, 6.07) is 0.262. The third-order valence-corrected chi connectivity index (χ3v) is 2.83. The Hall–Kier alpha value is -1.32. The fourth-order valence-electron chi connectivity index (χ4n) is 1.91. The highest BCUT2D eigenvalue weighted by Gasteiger charge is 2.20. The number of carbonyl (C=O) groups excluding carboxylic acids is 2. The van der Waals surface area contributed by atoms with Crippen molar-refractivity contribution in [2.24, 2.45) is 0 Å². The summed E-state index contributed by atoms with van der Waals surface area (Å²) in [5, 5.41) is 10.1. The van der Waals surface area contributed by atoms with Gasteiger partial charge >= 0.3 is 0 Å². The third kappa shape index (κ3) is 3.73. The van der Waals surface area contributed by atoms with Gasteiger partial charge in [-0.05, 0) is 18.9 Å². The molecule has 1 amide bonds. The van der Waals surface area contributed by atoms with Crippen molar-refractivity contribution >= 4 is 11.9 Å². The first kappa shape index (κ1) is 11.8. The molecular formula is C11H16NO3-. The summed E-state index contributed by atoms with van der Waals surface area (Å²) in [4.78, 5) is 23.3. The van der Waals surface area contributed by atoms with Crippen LogP contribution in [0.15, 0.2) is 12.2 Å². The molecule has 15 heavy (non-hydrogen) atoms. The van der Waals surface area contributed by atoms with Crippen molar-refractivity contribution in [2.45, 2.75) is 38.1 Å². The number of carbonyl (C=O) groups is 2. The van der Waals surface area contributed by atoms with Gasteiger partial charge in [0.05, 0.1) is 5.97 Å². The zero-order valence-electron chi connectivity index (χ0n) is 8.94. The van der Waals surface area contributed by atoms with Gasteiger partial charge < -0.3 is 14.8 Å². The molecule has 1 aliphatic carbocycles. The van der Waals surface area contributed by atoms with Crippen LogP contribution in [0.1, 0.15) is 32.1 Å². The molecule has 0 spiro atoms. The Balaban J connectivity index is 2.47. The number of aliphatic carboxylic acids is 1. The molecule has 0 atom stereocenters. The van der Waals surface area contributed by atoms with Crippen LogP contribution in [0.5, 0.6) is 0 Å². The molecule has 0 saturated heterocycles. The van der Waals surface area contributed by atoms with Crippen molar-refractivity contribution in [1.82, 2.24) is 4.90 Å². The second-order valence-electron chi connectivity index (χ2n) is 3.89. The predicted octanol–water partition coefficient (Wildman–Crippen LogP) is 0.0836. The van der Waals surface area contributed by atoms with E-state index in [2.05, 4.69) is 0 Å². The van der Waals surface area contributed by atoms with Crippen LogP contribution in [0.3, 0.4) is 0 Å². The van der Waals surface area contributed by atoms with Crippen LogP contribution >= 0.6 is 0 Å². The maximum Gasteiger partial charge on any atom is 0.246 e. The van der Waals surface area contributed by atoms with Crippen LogP contribution in [0, 0.1) is 0 Å². The van der Waals surface area contributed by atoms with Crippen LogP contribution < -0.4 is 5.11 Å². The topological polar surface area (TPSA) is 60.4 Å². The Morgan fingerprint density at radius 1 is 1.20 bits per heavy atom. The first-order valence-corrected chi connectivity index (χ1v) is 5.27. The number of hydrogen-bond acceptors (Lipinski definition) is 3. The van der Waals surface area contributed by atoms with Gasteiger partial charge in [-0.15, -0.1) is 0 Å². The fourth-order valence-corrected chi connectivity index (χ4v) is 1.91. The molecule has 0 N–H and O–H groups in total. The molecule has 1 fully saturated rings. The number of likely N-dealkylation sites (N-methyl/N-ethyl adjacent to an activating group) is 1. The van der Waals surface area contributed by atoms with Crippen molar-refractivity contribution in [3.63, 3.8) is 0 Å². The van der Waals surface area contributed by atoms with Gasteiger partial charge in [0.25, 0.3) is 0 Å². The number of carboxylic acids is 1. The summed E-state index contributed by atoms with van der Waals surface area (Å²) in [6.45, 7) is 0. The van der Waals surface area contributed by atoms with E-state index in [1.54, 1.807) is 11.9 Å². The highest BCUT2D eigenvalue weighted by molar-refractivity contribution is 5.93. The highest BCUT2D eigenvalue weighted by atomic mass is 16.4. The van der Waals surface area contributed by atoms with E-state index in [4.69, 9.17) is 0 Å². The van der Waals surface area contributed by atoms with E-state index >= 15 is 0 Å². The van der Waals surface area contributed by atoms with Gasteiger partial charge in [-0.2, -0.15) is 0 Å². The largest absolute Gasteiger partial charge is 0.545 e. The van der Waals surface area contributed by atoms with Gasteiger partial charge in [-0.3, -0.25) is 4.79 Å². The molecule has 4 heteroatoms. The highest BCUT2D eigenvalue weighted by Crippen LogP contribution is 2.21. The van der Waals surface area contributed by atoms with Crippen LogP contribution in [0.25, 0.3) is 0 Å². The molecule has 0 aromatic carbocycles. The molecule has 0 aliphatic heterocycles. The van der Waals surface area contributed by atoms with Crippen molar-refractivity contribution in [2.75, 3.05) is 7.05 Å². The van der Waals surface area contributed by atoms with Crippen molar-refractivity contribution in [3.05, 3.63) is 12.2 Å². The maximum absolute atomic E-state index is 11.5. The van der Waals surface area contributed by atoms with E-state index in [0.29, 0.717) is 0 Å². The average Bonchev–Trinajstić information content (AvgIpc) is 2.26. The SMILES string of the molecule is CN(C(=O)C=CC(=O)[O-])C1CCCCC1. The van der Waals surface area contributed by atoms with Crippen LogP contribution in [-0.4, -0.2) is 29.9 Å². The van der Waals surface area contributed by atoms with Gasteiger partial charge in [-0.25, -0.2) is 0 Å². The summed E-state index contributed by atoms with van der Waals surface area (Å²) in [5.74, 6) is -1.59. The third-order valence-electron chi connectivity index (χ3n) is 2.83. The van der Waals surface area contributed by atoms with Gasteiger partial charge in [-0.1, -0.05) is 19.3 Å². The number of carboxylic acid groups (broad SMARTS) is 1. The molecule has 0 bridgehead atoms. The van der Waals surface area contributed by atoms with Gasteiger partial charge in [0.2, 0.25) is 5.91 Å². The number of amides is 1. The molecule has 0 unspecified atom stereocenters. The molecular weight excluding hydrogens is 194 g/mol. The molecule has 1 aliphatic rings. The molecule has 1 saturated carbocycles. The van der Waals surface area contributed by atoms with Gasteiger partial charge in [0, 0.05) is 19.2 Å². The van der Waals surface area contributed by atoms with E-state index in [0.717, 1.165) is 37.8 Å². The lowest BCUT2D eigenvalue weighted by atomic mass is 9.94. The van der Waals surface area contributed by atoms with Crippen molar-refractivity contribution < 1.29 is 14.7 Å². The number of hydrogen-bond donors (Lipinski definition) is 0. The summed E-state index contributed by atoms with van der Waals surface area (Å²) >= 11 is 0. The summed E-state index contributed by atoms with van der Waals surface area (Å²) < 4.78 is 0. The lowest BCUT2D eigenvalue weighted by Crippen LogP contribution is -2.37. The monoisotopic (exact) mass is 210 g/mol. The Kier molecular flexibility index (Phi) is 4.34. The minimum Gasteiger partial charge on any atom is -0.545 e. The minimum absolute atomic E-state index is 0.258. The summed E-state index contributed by atoms with van der Waals surface area (Å²) in [7, 11) is 1.72. The second kappa shape index (κ2) is 5.53. The molecule has 0 radical (unpaired) electrons. The van der Waals surface area contributed by atoms with Crippen LogP contribution in [-0.2, 0) is 9.59 Å². The Morgan fingerprint density at radius 2 is 1.80 bits per heavy atom. The first-order valence-electron chi connectivity index (χ1n) is 5.27. The Labute approximate surface area is 89.6 Å². The minimum atomic E-state index is -1.33. The van der Waals surface area contributed by atoms with Crippen LogP contribution in [0.2, 0.25) is 0 Å². The zero-order chi connectivity index (χ0) is 11.3. The van der Waals surface area contributed by atoms with E-state index in [-0.39, 0.29) is 11.9 Å². The lowest BCUT2D eigenvalue weighted by Gasteiger charge is -2.30. The predicted molar refractivity (Wildman–Crippen MR) is 53.8 cm³/mol. The second-order valence-corrected chi connectivity index (χ2v) is 3.89. The standard InChI is InChI=1S/C11H17NO3/c1-12(9-5-3-2-4-6-9)10(13)7-8-11(14)15/h7-9H,2-6H2,1H3,(H,14,15)/p-1. The van der Waals surface area contributed by atoms with E-state index in [1.165, 1.54) is 6.42 Å². The van der Waals surface area contributed by atoms with Crippen molar-refractivity contribution in [1.29, 1.82) is 0 Å². The Bertz CT molecular complexity index is 267. The zero-order valence-corrected chi connectivity index (χ0v) is 8.94. The maximum atomic E-state index is 11.5. The van der Waals surface area contributed by atoms with E-state index in [9.17, 15) is 14.7 Å². The average molecular weight is 210 g/mol. The molecule has 0 aromatic heterocycles. The van der Waals surface area contributed by atoms with Crippen molar-refractivity contribution in [3.8, 4) is 0 Å². The van der Waals surface area contributed by atoms with Gasteiger partial charge in [0.1, 0.15) is 0 Å². The smallest absolute Gasteiger partial charge is 0.246 e. The summed E-state index contributed by atoms with van der Waals surface area (Å²) in [5.41, 5.74) is 0. The molecule has 0 heterocycles. The molecule has 84 valence electrons. The molecule has 0 aromatic rings. The van der Waals surface area contributed by atoms with E-state index < -0.39 is 5.97 Å². The number of nitrogens with zero attached hydrogens (tertiary/aromatic N) is 1. The Morgan fingerprint density at radius 3 is 2.33 bits per heavy atom. The van der Waals surface area contributed by atoms with E-state index in [1.807, 2.05) is 0 Å². The quantitative estimate of drug-likeness (QED) is 0.620. The molecule has 4 nitrogen and oxygen atoms in total. The number of rotatable bonds is 3. The normalized spacial score (nSPS) is 17.9. The molecule has 1 rings (SSSR count). The fraction of sp³-hybridized carbons (Fsp3) is 0.636.